The standard InChI is InChI=1S/C14H21NO/c1-11(2)9-15(4)10-14(16)13-7-5-12(3)6-8-13/h5-8,11H,9-10H2,1-4H3. The van der Waals surface area contributed by atoms with Gasteiger partial charge in [-0.25, -0.2) is 0 Å². The van der Waals surface area contributed by atoms with Gasteiger partial charge in [-0.05, 0) is 19.9 Å². The SMILES string of the molecule is Cc1ccc(C(=O)CN(C)CC(C)C)cc1. The number of nitrogens with zero attached hydrogens (tertiary/aromatic N) is 1. The van der Waals surface area contributed by atoms with E-state index in [9.17, 15) is 4.79 Å². The molecule has 0 amide bonds. The molecule has 0 spiro atoms. The van der Waals surface area contributed by atoms with Crippen LogP contribution in [0.4, 0.5) is 0 Å². The third-order valence-electron chi connectivity index (χ3n) is 2.46. The van der Waals surface area contributed by atoms with E-state index in [4.69, 9.17) is 0 Å². The van der Waals surface area contributed by atoms with Crippen molar-refractivity contribution in [2.75, 3.05) is 20.1 Å². The Morgan fingerprint density at radius 1 is 1.25 bits per heavy atom. The van der Waals surface area contributed by atoms with Crippen LogP contribution in [-0.4, -0.2) is 30.8 Å². The molecule has 0 atom stereocenters. The molecule has 0 heterocycles. The number of hydrogen-bond donors (Lipinski definition) is 0. The normalized spacial score (nSPS) is 11.1. The van der Waals surface area contributed by atoms with E-state index in [2.05, 4.69) is 18.7 Å². The highest BCUT2D eigenvalue weighted by atomic mass is 16.1. The van der Waals surface area contributed by atoms with Crippen LogP contribution in [0.3, 0.4) is 0 Å². The number of ketones is 1. The average Bonchev–Trinajstić information content (AvgIpc) is 2.16. The topological polar surface area (TPSA) is 20.3 Å². The molecule has 1 rings (SSSR count). The van der Waals surface area contributed by atoms with Gasteiger partial charge >= 0.3 is 0 Å². The summed E-state index contributed by atoms with van der Waals surface area (Å²) in [5.74, 6) is 0.791. The van der Waals surface area contributed by atoms with Crippen molar-refractivity contribution in [1.29, 1.82) is 0 Å². The number of carbonyl (C=O) groups excluding carboxylic acids is 1. The lowest BCUT2D eigenvalue weighted by atomic mass is 10.1. The molecule has 1 aromatic rings. The maximum Gasteiger partial charge on any atom is 0.176 e. The molecule has 1 aromatic carbocycles. The van der Waals surface area contributed by atoms with Crippen LogP contribution in [0.5, 0.6) is 0 Å². The Kier molecular flexibility index (Phi) is 4.69. The first-order valence-corrected chi connectivity index (χ1v) is 5.77. The summed E-state index contributed by atoms with van der Waals surface area (Å²) in [6.45, 7) is 7.80. The molecule has 2 nitrogen and oxygen atoms in total. The molecule has 0 saturated heterocycles. The third-order valence-corrected chi connectivity index (χ3v) is 2.46. The Bertz CT molecular complexity index is 340. The van der Waals surface area contributed by atoms with Crippen LogP contribution < -0.4 is 0 Å². The van der Waals surface area contributed by atoms with E-state index in [0.717, 1.165) is 12.1 Å². The Morgan fingerprint density at radius 3 is 2.31 bits per heavy atom. The highest BCUT2D eigenvalue weighted by Crippen LogP contribution is 2.05. The number of carbonyl (C=O) groups is 1. The van der Waals surface area contributed by atoms with Crippen molar-refractivity contribution in [2.45, 2.75) is 20.8 Å². The molecule has 0 bridgehead atoms. The maximum atomic E-state index is 11.9. The van der Waals surface area contributed by atoms with Crippen molar-refractivity contribution >= 4 is 5.78 Å². The van der Waals surface area contributed by atoms with Gasteiger partial charge in [0.25, 0.3) is 0 Å². The molecule has 0 aromatic heterocycles. The molecule has 2 heteroatoms. The van der Waals surface area contributed by atoms with Crippen LogP contribution in [0.25, 0.3) is 0 Å². The fourth-order valence-corrected chi connectivity index (χ4v) is 1.76. The van der Waals surface area contributed by atoms with Gasteiger partial charge in [-0.1, -0.05) is 43.7 Å². The zero-order chi connectivity index (χ0) is 12.1. The summed E-state index contributed by atoms with van der Waals surface area (Å²) in [7, 11) is 1.99. The van der Waals surface area contributed by atoms with E-state index >= 15 is 0 Å². The number of Topliss-reactive ketones (excluding diaryl/α,β-unsaturated/α-hetero) is 1. The van der Waals surface area contributed by atoms with Crippen molar-refractivity contribution in [1.82, 2.24) is 4.90 Å². The van der Waals surface area contributed by atoms with Gasteiger partial charge in [0.05, 0.1) is 6.54 Å². The number of aryl methyl sites for hydroxylation is 1. The first kappa shape index (κ1) is 12.9. The molecule has 0 aliphatic heterocycles. The predicted molar refractivity (Wildman–Crippen MR) is 67.8 cm³/mol. The molecular weight excluding hydrogens is 198 g/mol. The average molecular weight is 219 g/mol. The van der Waals surface area contributed by atoms with Gasteiger partial charge in [-0.2, -0.15) is 0 Å². The highest BCUT2D eigenvalue weighted by molar-refractivity contribution is 5.97. The summed E-state index contributed by atoms with van der Waals surface area (Å²) in [5.41, 5.74) is 1.99. The van der Waals surface area contributed by atoms with Gasteiger partial charge in [-0.15, -0.1) is 0 Å². The van der Waals surface area contributed by atoms with E-state index in [1.54, 1.807) is 0 Å². The predicted octanol–water partition coefficient (Wildman–Crippen LogP) is 2.77. The van der Waals surface area contributed by atoms with E-state index in [1.165, 1.54) is 5.56 Å². The number of benzene rings is 1. The van der Waals surface area contributed by atoms with Gasteiger partial charge in [0.1, 0.15) is 0 Å². The minimum atomic E-state index is 0.197. The first-order valence-electron chi connectivity index (χ1n) is 5.77. The Labute approximate surface area is 98.3 Å². The molecule has 0 N–H and O–H groups in total. The molecule has 16 heavy (non-hydrogen) atoms. The highest BCUT2D eigenvalue weighted by Gasteiger charge is 2.09. The van der Waals surface area contributed by atoms with E-state index in [-0.39, 0.29) is 5.78 Å². The zero-order valence-corrected chi connectivity index (χ0v) is 10.7. The number of hydrogen-bond acceptors (Lipinski definition) is 2. The second kappa shape index (κ2) is 5.80. The summed E-state index contributed by atoms with van der Waals surface area (Å²) in [4.78, 5) is 14.0. The van der Waals surface area contributed by atoms with Crippen molar-refractivity contribution in [3.05, 3.63) is 35.4 Å². The van der Waals surface area contributed by atoms with Crippen LogP contribution in [0.1, 0.15) is 29.8 Å². The van der Waals surface area contributed by atoms with Crippen molar-refractivity contribution < 1.29 is 4.79 Å². The fraction of sp³-hybridized carbons (Fsp3) is 0.500. The summed E-state index contributed by atoms with van der Waals surface area (Å²) in [6, 6.07) is 7.77. The smallest absolute Gasteiger partial charge is 0.176 e. The van der Waals surface area contributed by atoms with E-state index < -0.39 is 0 Å². The maximum absolute atomic E-state index is 11.9. The molecule has 88 valence electrons. The summed E-state index contributed by atoms with van der Waals surface area (Å²) in [5, 5.41) is 0. The number of likely N-dealkylation sites (N-methyl/N-ethyl adjacent to an activating group) is 1. The molecule has 0 aliphatic rings. The quantitative estimate of drug-likeness (QED) is 0.710. The van der Waals surface area contributed by atoms with Crippen LogP contribution >= 0.6 is 0 Å². The Balaban J connectivity index is 2.55. The lowest BCUT2D eigenvalue weighted by Gasteiger charge is -2.17. The van der Waals surface area contributed by atoms with Crippen LogP contribution in [0, 0.1) is 12.8 Å². The Hall–Kier alpha value is -1.15. The second-order valence-electron chi connectivity index (χ2n) is 4.88. The van der Waals surface area contributed by atoms with E-state index in [1.807, 2.05) is 38.2 Å². The Morgan fingerprint density at radius 2 is 1.81 bits per heavy atom. The third kappa shape index (κ3) is 4.15. The van der Waals surface area contributed by atoms with Crippen LogP contribution in [-0.2, 0) is 0 Å². The lowest BCUT2D eigenvalue weighted by Crippen LogP contribution is -2.29. The fourth-order valence-electron chi connectivity index (χ4n) is 1.76. The van der Waals surface area contributed by atoms with Crippen LogP contribution in [0.15, 0.2) is 24.3 Å². The minimum absolute atomic E-state index is 0.197. The van der Waals surface area contributed by atoms with Crippen LogP contribution in [0.2, 0.25) is 0 Å². The number of rotatable bonds is 5. The molecule has 0 saturated carbocycles. The van der Waals surface area contributed by atoms with Crippen molar-refractivity contribution in [3.8, 4) is 0 Å². The molecule has 0 radical (unpaired) electrons. The van der Waals surface area contributed by atoms with Gasteiger partial charge in [0, 0.05) is 12.1 Å². The second-order valence-corrected chi connectivity index (χ2v) is 4.88. The molecule has 0 aliphatic carbocycles. The van der Waals surface area contributed by atoms with Gasteiger partial charge in [0.2, 0.25) is 0 Å². The van der Waals surface area contributed by atoms with Gasteiger partial charge < -0.3 is 0 Å². The lowest BCUT2D eigenvalue weighted by molar-refractivity contribution is 0.0940. The van der Waals surface area contributed by atoms with Gasteiger partial charge in [0.15, 0.2) is 5.78 Å². The monoisotopic (exact) mass is 219 g/mol. The zero-order valence-electron chi connectivity index (χ0n) is 10.7. The summed E-state index contributed by atoms with van der Waals surface area (Å²) < 4.78 is 0. The first-order chi connectivity index (χ1) is 7.49. The van der Waals surface area contributed by atoms with Gasteiger partial charge in [-0.3, -0.25) is 9.69 Å². The van der Waals surface area contributed by atoms with E-state index in [0.29, 0.717) is 12.5 Å². The summed E-state index contributed by atoms with van der Waals surface area (Å²) >= 11 is 0. The summed E-state index contributed by atoms with van der Waals surface area (Å²) in [6.07, 6.45) is 0. The molecule has 0 fully saturated rings. The minimum Gasteiger partial charge on any atom is -0.299 e. The van der Waals surface area contributed by atoms with Crippen molar-refractivity contribution in [3.63, 3.8) is 0 Å². The molecular formula is C14H21NO. The van der Waals surface area contributed by atoms with Crippen molar-refractivity contribution in [2.24, 2.45) is 5.92 Å². The molecule has 0 unspecified atom stereocenters. The largest absolute Gasteiger partial charge is 0.299 e.